The molecule has 12 heteroatoms. The lowest BCUT2D eigenvalue weighted by Gasteiger charge is -2.36. The average molecular weight is 532 g/mol. The molecule has 196 valence electrons. The Morgan fingerprint density at radius 3 is 2.59 bits per heavy atom. The van der Waals surface area contributed by atoms with Crippen LogP contribution >= 0.6 is 0 Å². The molecule has 1 aliphatic rings. The second kappa shape index (κ2) is 9.58. The molecule has 1 saturated heterocycles. The van der Waals surface area contributed by atoms with E-state index in [1.807, 2.05) is 23.5 Å². The minimum atomic E-state index is -4.34. The van der Waals surface area contributed by atoms with Gasteiger partial charge in [-0.2, -0.15) is 4.39 Å². The second-order valence-electron chi connectivity index (χ2n) is 9.36. The predicted octanol–water partition coefficient (Wildman–Crippen LogP) is 3.76. The molecule has 1 aromatic carbocycles. The number of hydrogen-bond donors (Lipinski definition) is 2. The molecule has 3 heterocycles. The Bertz CT molecular complexity index is 1480. The van der Waals surface area contributed by atoms with Gasteiger partial charge < -0.3 is 15.4 Å². The fourth-order valence-electron chi connectivity index (χ4n) is 4.32. The number of carbonyl (C=O) groups is 1. The molecule has 1 atom stereocenters. The third-order valence-electron chi connectivity index (χ3n) is 6.89. The summed E-state index contributed by atoms with van der Waals surface area (Å²) in [6.07, 6.45) is 2.14. The molecule has 1 amide bonds. The minimum absolute atomic E-state index is 0.00786. The fourth-order valence-corrected chi connectivity index (χ4v) is 5.37. The maximum atomic E-state index is 14.2. The molecule has 1 unspecified atom stereocenters. The van der Waals surface area contributed by atoms with Gasteiger partial charge in [0.05, 0.1) is 18.4 Å². The van der Waals surface area contributed by atoms with Crippen LogP contribution in [0.2, 0.25) is 0 Å². The molecule has 4 rings (SSSR count). The SMILES string of the molecule is COc1cc(-c2ccc(C(=O)NS(=O)(=O)c3cccnc3N)c(N3CCC(C)C3(C)C)n2)cc(F)c1F. The topological polar surface area (TPSA) is 128 Å². The van der Waals surface area contributed by atoms with E-state index in [0.717, 1.165) is 12.5 Å². The maximum Gasteiger partial charge on any atom is 0.268 e. The Balaban J connectivity index is 1.82. The molecule has 3 N–H and O–H groups in total. The monoisotopic (exact) mass is 531 g/mol. The summed E-state index contributed by atoms with van der Waals surface area (Å²) in [4.78, 5) is 23.3. The van der Waals surface area contributed by atoms with Gasteiger partial charge in [0.15, 0.2) is 11.6 Å². The molecule has 1 aliphatic heterocycles. The number of sulfonamides is 1. The lowest BCUT2D eigenvalue weighted by atomic mass is 9.90. The number of nitrogens with two attached hydrogens (primary N) is 1. The van der Waals surface area contributed by atoms with Crippen LogP contribution in [0.15, 0.2) is 47.5 Å². The van der Waals surface area contributed by atoms with Crippen molar-refractivity contribution in [2.24, 2.45) is 5.92 Å². The number of pyridine rings is 2. The van der Waals surface area contributed by atoms with Crippen LogP contribution < -0.4 is 20.1 Å². The summed E-state index contributed by atoms with van der Waals surface area (Å²) in [5.74, 6) is -3.27. The van der Waals surface area contributed by atoms with Gasteiger partial charge in [-0.25, -0.2) is 27.5 Å². The zero-order chi connectivity index (χ0) is 27.1. The van der Waals surface area contributed by atoms with Crippen LogP contribution in [0.5, 0.6) is 5.75 Å². The highest BCUT2D eigenvalue weighted by molar-refractivity contribution is 7.90. The third-order valence-corrected chi connectivity index (χ3v) is 8.27. The number of hydrogen-bond acceptors (Lipinski definition) is 8. The number of rotatable bonds is 6. The largest absolute Gasteiger partial charge is 0.494 e. The maximum absolute atomic E-state index is 14.2. The first-order valence-electron chi connectivity index (χ1n) is 11.5. The number of ether oxygens (including phenoxy) is 1. The first kappa shape index (κ1) is 26.3. The standard InChI is InChI=1S/C25H27F2N5O4S/c1-14-9-11-32(25(14,2)3)23-16(24(33)31-37(34,35)20-6-5-10-29-22(20)28)7-8-18(30-23)15-12-17(26)21(27)19(13-15)36-4/h5-8,10,12-14H,9,11H2,1-4H3,(H2,28,29)(H,31,33). The number of benzene rings is 1. The minimum Gasteiger partial charge on any atom is -0.494 e. The van der Waals surface area contributed by atoms with Crippen LogP contribution in [-0.2, 0) is 10.0 Å². The third kappa shape index (κ3) is 4.80. The van der Waals surface area contributed by atoms with E-state index in [9.17, 15) is 22.0 Å². The quantitative estimate of drug-likeness (QED) is 0.492. The van der Waals surface area contributed by atoms with Gasteiger partial charge in [-0.05, 0) is 62.6 Å². The fraction of sp³-hybridized carbons (Fsp3) is 0.320. The molecule has 2 aromatic heterocycles. The summed E-state index contributed by atoms with van der Waals surface area (Å²) in [5, 5.41) is 0. The van der Waals surface area contributed by atoms with Crippen LogP contribution in [0.25, 0.3) is 11.3 Å². The highest BCUT2D eigenvalue weighted by atomic mass is 32.2. The van der Waals surface area contributed by atoms with Crippen molar-refractivity contribution in [1.82, 2.24) is 14.7 Å². The Morgan fingerprint density at radius 1 is 1.24 bits per heavy atom. The zero-order valence-corrected chi connectivity index (χ0v) is 21.6. The lowest BCUT2D eigenvalue weighted by molar-refractivity contribution is 0.0981. The zero-order valence-electron chi connectivity index (χ0n) is 20.7. The van der Waals surface area contributed by atoms with Crippen molar-refractivity contribution >= 4 is 27.6 Å². The Morgan fingerprint density at radius 2 is 1.97 bits per heavy atom. The molecule has 0 radical (unpaired) electrons. The highest BCUT2D eigenvalue weighted by Crippen LogP contribution is 2.40. The molecule has 1 fully saturated rings. The van der Waals surface area contributed by atoms with Crippen LogP contribution in [0.3, 0.4) is 0 Å². The van der Waals surface area contributed by atoms with E-state index in [1.54, 1.807) is 0 Å². The van der Waals surface area contributed by atoms with Gasteiger partial charge in [-0.1, -0.05) is 6.92 Å². The Kier molecular flexibility index (Phi) is 6.80. The molecule has 0 bridgehead atoms. The van der Waals surface area contributed by atoms with E-state index in [2.05, 4.69) is 16.9 Å². The summed E-state index contributed by atoms with van der Waals surface area (Å²) >= 11 is 0. The van der Waals surface area contributed by atoms with Crippen molar-refractivity contribution in [1.29, 1.82) is 0 Å². The number of nitrogens with one attached hydrogen (secondary N) is 1. The lowest BCUT2D eigenvalue weighted by Crippen LogP contribution is -2.43. The van der Waals surface area contributed by atoms with Gasteiger partial charge in [0.25, 0.3) is 15.9 Å². The average Bonchev–Trinajstić information content (AvgIpc) is 3.12. The second-order valence-corrected chi connectivity index (χ2v) is 11.0. The van der Waals surface area contributed by atoms with Gasteiger partial charge in [0.1, 0.15) is 16.5 Å². The number of halogens is 2. The van der Waals surface area contributed by atoms with Crippen molar-refractivity contribution in [2.75, 3.05) is 24.3 Å². The molecule has 3 aromatic rings. The van der Waals surface area contributed by atoms with Gasteiger partial charge >= 0.3 is 0 Å². The summed E-state index contributed by atoms with van der Waals surface area (Å²) in [6.45, 7) is 6.61. The number of aromatic nitrogens is 2. The predicted molar refractivity (Wildman–Crippen MR) is 135 cm³/mol. The summed E-state index contributed by atoms with van der Waals surface area (Å²) < 4.78 is 61.0. The van der Waals surface area contributed by atoms with Crippen molar-refractivity contribution < 1.29 is 26.7 Å². The molecule has 9 nitrogen and oxygen atoms in total. The van der Waals surface area contributed by atoms with Gasteiger partial charge in [0.2, 0.25) is 5.82 Å². The van der Waals surface area contributed by atoms with Crippen molar-refractivity contribution in [3.8, 4) is 17.0 Å². The smallest absolute Gasteiger partial charge is 0.268 e. The van der Waals surface area contributed by atoms with E-state index < -0.39 is 33.1 Å². The highest BCUT2D eigenvalue weighted by Gasteiger charge is 2.41. The number of nitrogens with zero attached hydrogens (tertiary/aromatic N) is 3. The van der Waals surface area contributed by atoms with Gasteiger partial charge in [0, 0.05) is 23.8 Å². The Labute approximate surface area is 213 Å². The summed E-state index contributed by atoms with van der Waals surface area (Å²) in [6, 6.07) is 7.75. The number of nitrogen functional groups attached to an aromatic ring is 1. The van der Waals surface area contributed by atoms with Crippen LogP contribution in [0.4, 0.5) is 20.4 Å². The normalized spacial score (nSPS) is 17.0. The molecule has 0 aliphatic carbocycles. The first-order valence-corrected chi connectivity index (χ1v) is 12.9. The van der Waals surface area contributed by atoms with E-state index >= 15 is 0 Å². The molecule has 37 heavy (non-hydrogen) atoms. The van der Waals surface area contributed by atoms with Crippen LogP contribution in [0.1, 0.15) is 37.6 Å². The first-order chi connectivity index (χ1) is 17.4. The van der Waals surface area contributed by atoms with E-state index in [0.29, 0.717) is 6.54 Å². The molecular formula is C25H27F2N5O4S. The number of carbonyl (C=O) groups excluding carboxylic acids is 1. The van der Waals surface area contributed by atoms with Crippen molar-refractivity contribution in [3.05, 3.63) is 59.8 Å². The molecule has 0 spiro atoms. The van der Waals surface area contributed by atoms with E-state index in [4.69, 9.17) is 10.5 Å². The van der Waals surface area contributed by atoms with Gasteiger partial charge in [-0.3, -0.25) is 4.79 Å². The van der Waals surface area contributed by atoms with E-state index in [-0.39, 0.29) is 45.0 Å². The van der Waals surface area contributed by atoms with Crippen LogP contribution in [-0.4, -0.2) is 43.5 Å². The van der Waals surface area contributed by atoms with Crippen LogP contribution in [0, 0.1) is 17.6 Å². The summed E-state index contributed by atoms with van der Waals surface area (Å²) in [7, 11) is -3.12. The van der Waals surface area contributed by atoms with E-state index in [1.165, 1.54) is 43.6 Å². The number of methoxy groups -OCH3 is 1. The Hall–Kier alpha value is -3.80. The van der Waals surface area contributed by atoms with Crippen molar-refractivity contribution in [3.63, 3.8) is 0 Å². The van der Waals surface area contributed by atoms with Crippen molar-refractivity contribution in [2.45, 2.75) is 37.6 Å². The van der Waals surface area contributed by atoms with Gasteiger partial charge in [-0.15, -0.1) is 0 Å². The molecule has 0 saturated carbocycles. The summed E-state index contributed by atoms with van der Waals surface area (Å²) in [5.41, 5.74) is 5.74. The number of anilines is 2. The number of amides is 1. The molecular weight excluding hydrogens is 504 g/mol.